The fraction of sp³-hybridized carbons (Fsp3) is 0.333. The van der Waals surface area contributed by atoms with Crippen molar-refractivity contribution in [3.8, 4) is 0 Å². The van der Waals surface area contributed by atoms with E-state index in [1.807, 2.05) is 0 Å². The first-order valence-electron chi connectivity index (χ1n) is 5.93. The van der Waals surface area contributed by atoms with Crippen molar-refractivity contribution in [2.75, 3.05) is 11.9 Å². The minimum Gasteiger partial charge on any atom is -0.478 e. The van der Waals surface area contributed by atoms with E-state index in [1.165, 1.54) is 12.1 Å². The van der Waals surface area contributed by atoms with Gasteiger partial charge in [0.1, 0.15) is 11.8 Å². The van der Waals surface area contributed by atoms with E-state index in [-0.39, 0.29) is 11.3 Å². The third kappa shape index (κ3) is 2.91. The number of benzene rings is 1. The Morgan fingerprint density at radius 3 is 2.75 bits per heavy atom. The Morgan fingerprint density at radius 1 is 1.45 bits per heavy atom. The van der Waals surface area contributed by atoms with Crippen LogP contribution in [0.3, 0.4) is 0 Å². The number of nitro benzene ring substituents is 1. The lowest BCUT2D eigenvalue weighted by molar-refractivity contribution is -0.384. The summed E-state index contributed by atoms with van der Waals surface area (Å²) in [7, 11) is 0. The van der Waals surface area contributed by atoms with E-state index in [1.54, 1.807) is 0 Å². The Labute approximate surface area is 113 Å². The van der Waals surface area contributed by atoms with Gasteiger partial charge in [0, 0.05) is 12.7 Å². The number of carbonyl (C=O) groups excluding carboxylic acids is 1. The van der Waals surface area contributed by atoms with E-state index in [2.05, 4.69) is 5.32 Å². The second-order valence-corrected chi connectivity index (χ2v) is 4.29. The molecule has 1 atom stereocenters. The van der Waals surface area contributed by atoms with Gasteiger partial charge in [-0.1, -0.05) is 0 Å². The average Bonchev–Trinajstić information content (AvgIpc) is 2.92. The number of carbonyl (C=O) groups is 2. The summed E-state index contributed by atoms with van der Waals surface area (Å²) >= 11 is 0. The van der Waals surface area contributed by atoms with Crippen molar-refractivity contribution in [2.24, 2.45) is 0 Å². The lowest BCUT2D eigenvalue weighted by atomic mass is 10.1. The quantitative estimate of drug-likeness (QED) is 0.635. The molecule has 0 radical (unpaired) electrons. The highest BCUT2D eigenvalue weighted by Crippen LogP contribution is 2.26. The van der Waals surface area contributed by atoms with Crippen molar-refractivity contribution < 1.29 is 24.4 Å². The molecule has 0 bridgehead atoms. The highest BCUT2D eigenvalue weighted by atomic mass is 16.6. The summed E-state index contributed by atoms with van der Waals surface area (Å²) in [5.74, 6) is -1.74. The van der Waals surface area contributed by atoms with Gasteiger partial charge in [-0.2, -0.15) is 0 Å². The number of hydrogen-bond acceptors (Lipinski definition) is 5. The molecule has 8 nitrogen and oxygen atoms in total. The van der Waals surface area contributed by atoms with Crippen LogP contribution >= 0.6 is 0 Å². The molecule has 1 aromatic rings. The number of nitrogens with one attached hydrogen (secondary N) is 1. The predicted molar refractivity (Wildman–Crippen MR) is 67.7 cm³/mol. The summed E-state index contributed by atoms with van der Waals surface area (Å²) in [4.78, 5) is 32.8. The smallest absolute Gasteiger partial charge is 0.335 e. The summed E-state index contributed by atoms with van der Waals surface area (Å²) in [6, 6.07) is 3.31. The van der Waals surface area contributed by atoms with Gasteiger partial charge >= 0.3 is 5.97 Å². The number of nitrogens with zero attached hydrogens (tertiary/aromatic N) is 1. The Morgan fingerprint density at radius 2 is 2.20 bits per heavy atom. The number of amides is 1. The number of rotatable bonds is 4. The lowest BCUT2D eigenvalue weighted by Crippen LogP contribution is -2.27. The number of aromatic carboxylic acids is 1. The van der Waals surface area contributed by atoms with E-state index >= 15 is 0 Å². The van der Waals surface area contributed by atoms with Gasteiger partial charge in [0.05, 0.1) is 10.5 Å². The molecular weight excluding hydrogens is 268 g/mol. The molecule has 0 saturated carbocycles. The van der Waals surface area contributed by atoms with Crippen LogP contribution in [-0.2, 0) is 9.53 Å². The number of carboxylic acids is 1. The fourth-order valence-corrected chi connectivity index (χ4v) is 1.92. The highest BCUT2D eigenvalue weighted by Gasteiger charge is 2.26. The molecule has 0 spiro atoms. The molecule has 1 aromatic carbocycles. The minimum atomic E-state index is -1.27. The second kappa shape index (κ2) is 5.66. The van der Waals surface area contributed by atoms with Crippen LogP contribution in [0.15, 0.2) is 18.2 Å². The van der Waals surface area contributed by atoms with Gasteiger partial charge in [-0.15, -0.1) is 0 Å². The molecule has 1 amide bonds. The minimum absolute atomic E-state index is 0.0412. The molecule has 0 unspecified atom stereocenters. The maximum absolute atomic E-state index is 11.8. The summed E-state index contributed by atoms with van der Waals surface area (Å²) in [5, 5.41) is 22.1. The van der Waals surface area contributed by atoms with E-state index in [9.17, 15) is 19.7 Å². The molecule has 2 rings (SSSR count). The van der Waals surface area contributed by atoms with E-state index in [4.69, 9.17) is 9.84 Å². The first kappa shape index (κ1) is 13.9. The van der Waals surface area contributed by atoms with Crippen LogP contribution in [-0.4, -0.2) is 34.6 Å². The molecule has 1 heterocycles. The van der Waals surface area contributed by atoms with Gasteiger partial charge in [-0.3, -0.25) is 14.9 Å². The Hall–Kier alpha value is -2.48. The van der Waals surface area contributed by atoms with E-state index < -0.39 is 28.6 Å². The normalized spacial score (nSPS) is 17.7. The molecule has 106 valence electrons. The van der Waals surface area contributed by atoms with E-state index in [0.717, 1.165) is 12.5 Å². The number of anilines is 1. The van der Waals surface area contributed by atoms with Crippen LogP contribution < -0.4 is 5.32 Å². The van der Waals surface area contributed by atoms with Crippen molar-refractivity contribution in [3.05, 3.63) is 33.9 Å². The van der Waals surface area contributed by atoms with Crippen LogP contribution in [0.5, 0.6) is 0 Å². The first-order valence-corrected chi connectivity index (χ1v) is 5.93. The topological polar surface area (TPSA) is 119 Å². The Kier molecular flexibility index (Phi) is 3.94. The third-order valence-electron chi connectivity index (χ3n) is 2.92. The fourth-order valence-electron chi connectivity index (χ4n) is 1.92. The van der Waals surface area contributed by atoms with Crippen LogP contribution in [0.4, 0.5) is 11.4 Å². The zero-order valence-corrected chi connectivity index (χ0v) is 10.4. The Bertz CT molecular complexity index is 565. The van der Waals surface area contributed by atoms with Gasteiger partial charge in [0.2, 0.25) is 0 Å². The standard InChI is InChI=1S/C12H12N2O6/c15-11(10-2-1-5-20-10)13-8-4-3-7(12(16)17)6-9(8)14(18)19/h3-4,6,10H,1-2,5H2,(H,13,15)(H,16,17)/t10-/m1/s1. The van der Waals surface area contributed by atoms with Crippen molar-refractivity contribution in [3.63, 3.8) is 0 Å². The molecule has 1 saturated heterocycles. The number of nitro groups is 1. The van der Waals surface area contributed by atoms with Crippen LogP contribution in [0, 0.1) is 10.1 Å². The van der Waals surface area contributed by atoms with Crippen LogP contribution in [0.25, 0.3) is 0 Å². The van der Waals surface area contributed by atoms with Crippen LogP contribution in [0.2, 0.25) is 0 Å². The number of carboxylic acid groups (broad SMARTS) is 1. The molecule has 8 heteroatoms. The second-order valence-electron chi connectivity index (χ2n) is 4.29. The van der Waals surface area contributed by atoms with E-state index in [0.29, 0.717) is 13.0 Å². The van der Waals surface area contributed by atoms with Crippen molar-refractivity contribution >= 4 is 23.3 Å². The van der Waals surface area contributed by atoms with Crippen molar-refractivity contribution in [2.45, 2.75) is 18.9 Å². The molecule has 2 N–H and O–H groups in total. The molecule has 1 aliphatic heterocycles. The van der Waals surface area contributed by atoms with Gasteiger partial charge in [-0.05, 0) is 25.0 Å². The number of hydrogen-bond donors (Lipinski definition) is 2. The number of ether oxygens (including phenoxy) is 1. The molecule has 20 heavy (non-hydrogen) atoms. The summed E-state index contributed by atoms with van der Waals surface area (Å²) in [6.07, 6.45) is 0.707. The molecule has 1 aliphatic rings. The van der Waals surface area contributed by atoms with Crippen LogP contribution in [0.1, 0.15) is 23.2 Å². The van der Waals surface area contributed by atoms with Gasteiger partial charge in [-0.25, -0.2) is 4.79 Å². The summed E-state index contributed by atoms with van der Waals surface area (Å²) in [6.45, 7) is 0.484. The van der Waals surface area contributed by atoms with Gasteiger partial charge in [0.15, 0.2) is 0 Å². The zero-order chi connectivity index (χ0) is 14.7. The molecule has 0 aromatic heterocycles. The highest BCUT2D eigenvalue weighted by molar-refractivity contribution is 5.97. The molecule has 0 aliphatic carbocycles. The molecule has 1 fully saturated rings. The van der Waals surface area contributed by atoms with Crippen molar-refractivity contribution in [1.29, 1.82) is 0 Å². The maximum atomic E-state index is 11.8. The zero-order valence-electron chi connectivity index (χ0n) is 10.4. The SMILES string of the molecule is O=C(O)c1ccc(NC(=O)[C@H]2CCCO2)c([N+](=O)[O-])c1. The average molecular weight is 280 g/mol. The first-order chi connectivity index (χ1) is 9.49. The predicted octanol–water partition coefficient (Wildman–Crippen LogP) is 1.41. The summed E-state index contributed by atoms with van der Waals surface area (Å²) in [5.41, 5.74) is -0.719. The lowest BCUT2D eigenvalue weighted by Gasteiger charge is -2.10. The summed E-state index contributed by atoms with van der Waals surface area (Å²) < 4.78 is 5.17. The van der Waals surface area contributed by atoms with Gasteiger partial charge < -0.3 is 15.2 Å². The molecular formula is C12H12N2O6. The largest absolute Gasteiger partial charge is 0.478 e. The third-order valence-corrected chi connectivity index (χ3v) is 2.92. The monoisotopic (exact) mass is 280 g/mol. The Balaban J connectivity index is 2.24. The maximum Gasteiger partial charge on any atom is 0.335 e. The van der Waals surface area contributed by atoms with Crippen molar-refractivity contribution in [1.82, 2.24) is 0 Å². The van der Waals surface area contributed by atoms with Gasteiger partial charge in [0.25, 0.3) is 11.6 Å².